The lowest BCUT2D eigenvalue weighted by Crippen LogP contribution is -2.63. The molecule has 0 bridgehead atoms. The molecule has 0 radical (unpaired) electrons. The Bertz CT molecular complexity index is 381. The molecule has 0 aliphatic heterocycles. The first kappa shape index (κ1) is 18.3. The first-order valence-corrected chi connectivity index (χ1v) is 6.33. The van der Waals surface area contributed by atoms with Crippen LogP contribution in [0, 0.1) is 5.92 Å². The van der Waals surface area contributed by atoms with Gasteiger partial charge >= 0.3 is 5.97 Å². The zero-order chi connectivity index (χ0) is 15.9. The van der Waals surface area contributed by atoms with E-state index in [4.69, 9.17) is 5.73 Å². The van der Waals surface area contributed by atoms with Gasteiger partial charge < -0.3 is 20.9 Å². The molecule has 0 aromatic carbocycles. The molecule has 20 heavy (non-hydrogen) atoms. The van der Waals surface area contributed by atoms with Crippen LogP contribution in [-0.2, 0) is 14.3 Å². The van der Waals surface area contributed by atoms with Crippen molar-refractivity contribution in [2.75, 3.05) is 7.11 Å². The largest absolute Gasteiger partial charge is 0.467 e. The van der Waals surface area contributed by atoms with Gasteiger partial charge in [-0.05, 0) is 12.3 Å². The topological polar surface area (TPSA) is 102 Å². The summed E-state index contributed by atoms with van der Waals surface area (Å²) < 4.78 is 4.64. The zero-order valence-electron chi connectivity index (χ0n) is 12.3. The number of aliphatic hydroxyl groups is 1. The molecule has 0 fully saturated rings. The van der Waals surface area contributed by atoms with Gasteiger partial charge in [0.25, 0.3) is 0 Å². The number of esters is 1. The van der Waals surface area contributed by atoms with E-state index in [1.54, 1.807) is 13.8 Å². The monoisotopic (exact) mass is 284 g/mol. The van der Waals surface area contributed by atoms with Crippen molar-refractivity contribution in [2.24, 2.45) is 11.7 Å². The molecule has 0 aliphatic carbocycles. The normalized spacial score (nSPS) is 16.7. The van der Waals surface area contributed by atoms with Gasteiger partial charge in [0, 0.05) is 0 Å². The van der Waals surface area contributed by atoms with Crippen LogP contribution in [0.25, 0.3) is 0 Å². The minimum atomic E-state index is -1.62. The van der Waals surface area contributed by atoms with Gasteiger partial charge in [-0.25, -0.2) is 4.79 Å². The average molecular weight is 284 g/mol. The number of aliphatic hydroxyl groups excluding tert-OH is 1. The Kier molecular flexibility index (Phi) is 7.17. The minimum Gasteiger partial charge on any atom is -0.467 e. The molecule has 6 heteroatoms. The van der Waals surface area contributed by atoms with Crippen LogP contribution in [0.5, 0.6) is 0 Å². The molecule has 0 saturated carbocycles. The number of nitrogens with two attached hydrogens (primary N) is 1. The number of amides is 1. The Morgan fingerprint density at radius 1 is 1.45 bits per heavy atom. The predicted octanol–water partition coefficient (Wildman–Crippen LogP) is 0.121. The van der Waals surface area contributed by atoms with Crippen molar-refractivity contribution in [1.82, 2.24) is 5.32 Å². The van der Waals surface area contributed by atoms with E-state index in [0.29, 0.717) is 0 Å². The lowest BCUT2D eigenvalue weighted by Gasteiger charge is -2.32. The van der Waals surface area contributed by atoms with Crippen molar-refractivity contribution in [2.45, 2.75) is 38.0 Å². The SMILES string of the molecule is C=CCC(N)(C(=O)N[C@H](C(=O)OC)C(C)C)C(O)C=C. The molecule has 3 atom stereocenters. The molecule has 6 nitrogen and oxygen atoms in total. The number of hydrogen-bond acceptors (Lipinski definition) is 5. The van der Waals surface area contributed by atoms with E-state index >= 15 is 0 Å². The predicted molar refractivity (Wildman–Crippen MR) is 76.7 cm³/mol. The molecule has 2 unspecified atom stereocenters. The fourth-order valence-corrected chi connectivity index (χ4v) is 1.70. The number of ether oxygens (including phenoxy) is 1. The van der Waals surface area contributed by atoms with Gasteiger partial charge in [0.2, 0.25) is 5.91 Å². The van der Waals surface area contributed by atoms with Crippen molar-refractivity contribution in [3.8, 4) is 0 Å². The van der Waals surface area contributed by atoms with Crippen molar-refractivity contribution in [3.63, 3.8) is 0 Å². The van der Waals surface area contributed by atoms with Gasteiger partial charge in [-0.1, -0.05) is 26.0 Å². The van der Waals surface area contributed by atoms with Crippen LogP contribution < -0.4 is 11.1 Å². The van der Waals surface area contributed by atoms with E-state index in [1.165, 1.54) is 19.3 Å². The number of methoxy groups -OCH3 is 1. The molecular formula is C14H24N2O4. The van der Waals surface area contributed by atoms with Gasteiger partial charge in [0.1, 0.15) is 11.6 Å². The molecule has 0 aliphatic rings. The van der Waals surface area contributed by atoms with Crippen LogP contribution in [0.2, 0.25) is 0 Å². The van der Waals surface area contributed by atoms with Gasteiger partial charge in [0.15, 0.2) is 0 Å². The molecular weight excluding hydrogens is 260 g/mol. The Labute approximate surface area is 119 Å². The van der Waals surface area contributed by atoms with Crippen LogP contribution in [0.15, 0.2) is 25.3 Å². The van der Waals surface area contributed by atoms with Crippen molar-refractivity contribution in [1.29, 1.82) is 0 Å². The standard InChI is InChI=1S/C14H24N2O4/c1-6-8-14(15,10(17)7-2)13(19)16-11(9(3)4)12(18)20-5/h6-7,9-11,17H,1-2,8,15H2,3-5H3,(H,16,19)/t10?,11-,14?/m0/s1. The minimum absolute atomic E-state index is 0.0397. The van der Waals surface area contributed by atoms with Crippen LogP contribution in [0.4, 0.5) is 0 Å². The van der Waals surface area contributed by atoms with E-state index in [9.17, 15) is 14.7 Å². The van der Waals surface area contributed by atoms with E-state index in [2.05, 4.69) is 23.2 Å². The number of hydrogen-bond donors (Lipinski definition) is 3. The van der Waals surface area contributed by atoms with Crippen molar-refractivity contribution < 1.29 is 19.4 Å². The summed E-state index contributed by atoms with van der Waals surface area (Å²) in [5.74, 6) is -1.41. The molecule has 0 heterocycles. The lowest BCUT2D eigenvalue weighted by atomic mass is 9.87. The number of carbonyl (C=O) groups is 2. The van der Waals surface area contributed by atoms with Crippen LogP contribution >= 0.6 is 0 Å². The van der Waals surface area contributed by atoms with Gasteiger partial charge in [-0.3, -0.25) is 4.79 Å². The third-order valence-electron chi connectivity index (χ3n) is 3.06. The van der Waals surface area contributed by atoms with E-state index in [-0.39, 0.29) is 12.3 Å². The summed E-state index contributed by atoms with van der Waals surface area (Å²) >= 11 is 0. The summed E-state index contributed by atoms with van der Waals surface area (Å²) in [6.45, 7) is 10.5. The van der Waals surface area contributed by atoms with E-state index in [1.807, 2.05) is 0 Å². The lowest BCUT2D eigenvalue weighted by molar-refractivity contribution is -0.147. The summed E-state index contributed by atoms with van der Waals surface area (Å²) in [6, 6.07) is -0.836. The summed E-state index contributed by atoms with van der Waals surface area (Å²) in [7, 11) is 1.24. The van der Waals surface area contributed by atoms with E-state index < -0.39 is 29.6 Å². The molecule has 0 aromatic heterocycles. The van der Waals surface area contributed by atoms with Gasteiger partial charge in [0.05, 0.1) is 13.2 Å². The van der Waals surface area contributed by atoms with Crippen molar-refractivity contribution >= 4 is 11.9 Å². The van der Waals surface area contributed by atoms with Gasteiger partial charge in [-0.2, -0.15) is 0 Å². The molecule has 0 rings (SSSR count). The molecule has 114 valence electrons. The molecule has 1 amide bonds. The third kappa shape index (κ3) is 4.18. The Morgan fingerprint density at radius 3 is 2.35 bits per heavy atom. The first-order valence-electron chi connectivity index (χ1n) is 6.33. The summed E-state index contributed by atoms with van der Waals surface area (Å²) in [4.78, 5) is 23.9. The maximum Gasteiger partial charge on any atom is 0.328 e. The fraction of sp³-hybridized carbons (Fsp3) is 0.571. The van der Waals surface area contributed by atoms with E-state index in [0.717, 1.165) is 0 Å². The molecule has 0 aromatic rings. The van der Waals surface area contributed by atoms with Crippen molar-refractivity contribution in [3.05, 3.63) is 25.3 Å². The maximum absolute atomic E-state index is 12.3. The Hall–Kier alpha value is -1.66. The van der Waals surface area contributed by atoms with Crippen LogP contribution in [-0.4, -0.2) is 41.8 Å². The second-order valence-corrected chi connectivity index (χ2v) is 4.93. The highest BCUT2D eigenvalue weighted by Gasteiger charge is 2.41. The quantitative estimate of drug-likeness (QED) is 0.434. The molecule has 0 spiro atoms. The number of carbonyl (C=O) groups excluding carboxylic acids is 2. The zero-order valence-corrected chi connectivity index (χ0v) is 12.3. The van der Waals surface area contributed by atoms with Gasteiger partial charge in [-0.15, -0.1) is 13.2 Å². The summed E-state index contributed by atoms with van der Waals surface area (Å²) in [5.41, 5.74) is 4.32. The number of rotatable bonds is 8. The highest BCUT2D eigenvalue weighted by molar-refractivity contribution is 5.91. The smallest absolute Gasteiger partial charge is 0.328 e. The Balaban J connectivity index is 5.22. The fourth-order valence-electron chi connectivity index (χ4n) is 1.70. The maximum atomic E-state index is 12.3. The van der Waals surface area contributed by atoms with Crippen LogP contribution in [0.1, 0.15) is 20.3 Å². The highest BCUT2D eigenvalue weighted by Crippen LogP contribution is 2.16. The summed E-state index contributed by atoms with van der Waals surface area (Å²) in [6.07, 6.45) is 1.38. The first-order chi connectivity index (χ1) is 9.24. The van der Waals surface area contributed by atoms with Crippen LogP contribution in [0.3, 0.4) is 0 Å². The second kappa shape index (κ2) is 7.81. The highest BCUT2D eigenvalue weighted by atomic mass is 16.5. The third-order valence-corrected chi connectivity index (χ3v) is 3.06. The molecule has 0 saturated heterocycles. The summed E-state index contributed by atoms with van der Waals surface area (Å²) in [5, 5.41) is 12.4. The number of nitrogens with one attached hydrogen (secondary N) is 1. The average Bonchev–Trinajstić information content (AvgIpc) is 2.42. The molecule has 4 N–H and O–H groups in total. The second-order valence-electron chi connectivity index (χ2n) is 4.93. The Morgan fingerprint density at radius 2 is 2.00 bits per heavy atom.